The van der Waals surface area contributed by atoms with Gasteiger partial charge in [-0.1, -0.05) is 49.0 Å². The minimum atomic E-state index is 0.166. The topological polar surface area (TPSA) is 27.7 Å². The third-order valence-corrected chi connectivity index (χ3v) is 6.92. The molecule has 3 unspecified atom stereocenters. The quantitative estimate of drug-likeness (QED) is 0.795. The Morgan fingerprint density at radius 2 is 1.86 bits per heavy atom. The zero-order chi connectivity index (χ0) is 19.3. The van der Waals surface area contributed by atoms with Crippen molar-refractivity contribution in [3.05, 3.63) is 96.2 Å². The van der Waals surface area contributed by atoms with Crippen molar-refractivity contribution in [1.82, 2.24) is 10.2 Å². The van der Waals surface area contributed by atoms with Crippen LogP contribution in [0.4, 0.5) is 5.69 Å². The molecule has 1 fully saturated rings. The van der Waals surface area contributed by atoms with Crippen LogP contribution in [0.3, 0.4) is 0 Å². The molecule has 3 atom stereocenters. The van der Waals surface area contributed by atoms with Gasteiger partial charge in [0.15, 0.2) is 11.6 Å². The Balaban J connectivity index is 1.51. The maximum Gasteiger partial charge on any atom is 0.199 e. The molecule has 2 aromatic rings. The van der Waals surface area contributed by atoms with E-state index in [2.05, 4.69) is 84.2 Å². The van der Waals surface area contributed by atoms with E-state index in [-0.39, 0.29) is 11.5 Å². The minimum Gasteiger partial charge on any atom is -0.439 e. The summed E-state index contributed by atoms with van der Waals surface area (Å²) in [5.41, 5.74) is 4.61. The average Bonchev–Trinajstić information content (AvgIpc) is 3.21. The monoisotopic (exact) mass is 389 g/mol. The van der Waals surface area contributed by atoms with Gasteiger partial charge in [0, 0.05) is 24.5 Å². The summed E-state index contributed by atoms with van der Waals surface area (Å²) in [5.74, 6) is 1.79. The fraction of sp³-hybridized carbons (Fsp3) is 0.217. The number of hydrogen-bond acceptors (Lipinski definition) is 5. The molecule has 4 nitrogen and oxygen atoms in total. The first-order chi connectivity index (χ1) is 13.6. The maximum atomic E-state index is 6.15. The summed E-state index contributed by atoms with van der Waals surface area (Å²) in [5, 5.41) is 4.06. The summed E-state index contributed by atoms with van der Waals surface area (Å²) >= 11 is 1.94. The Morgan fingerprint density at radius 3 is 2.64 bits per heavy atom. The summed E-state index contributed by atoms with van der Waals surface area (Å²) in [4.78, 5) is 4.56. The van der Waals surface area contributed by atoms with E-state index in [1.165, 1.54) is 11.3 Å². The molecule has 3 aliphatic rings. The van der Waals surface area contributed by atoms with Gasteiger partial charge >= 0.3 is 0 Å². The molecule has 142 valence electrons. The van der Waals surface area contributed by atoms with Gasteiger partial charge in [-0.2, -0.15) is 0 Å². The number of rotatable bonds is 2. The predicted octanol–water partition coefficient (Wildman–Crippen LogP) is 4.82. The largest absolute Gasteiger partial charge is 0.439 e. The number of fused-ring (bicyclic) bond motifs is 2. The van der Waals surface area contributed by atoms with Gasteiger partial charge < -0.3 is 19.9 Å². The van der Waals surface area contributed by atoms with Gasteiger partial charge in [-0.05, 0) is 30.7 Å². The van der Waals surface area contributed by atoms with E-state index in [4.69, 9.17) is 4.74 Å². The van der Waals surface area contributed by atoms with E-state index >= 15 is 0 Å². The molecule has 5 heteroatoms. The molecule has 2 aromatic carbocycles. The molecule has 0 spiro atoms. The second-order valence-corrected chi connectivity index (χ2v) is 8.56. The summed E-state index contributed by atoms with van der Waals surface area (Å²) in [6, 6.07) is 18.8. The lowest BCUT2D eigenvalue weighted by Gasteiger charge is -2.37. The van der Waals surface area contributed by atoms with E-state index in [0.717, 1.165) is 23.0 Å². The first kappa shape index (κ1) is 17.3. The molecule has 0 aliphatic carbocycles. The van der Waals surface area contributed by atoms with Crippen LogP contribution in [-0.2, 0) is 0 Å². The summed E-state index contributed by atoms with van der Waals surface area (Å²) in [6.07, 6.45) is 4.51. The molecule has 0 radical (unpaired) electrons. The van der Waals surface area contributed by atoms with Crippen molar-refractivity contribution in [2.24, 2.45) is 0 Å². The molecular weight excluding hydrogens is 366 g/mol. The van der Waals surface area contributed by atoms with Crippen LogP contribution in [-0.4, -0.2) is 23.5 Å². The van der Waals surface area contributed by atoms with Crippen LogP contribution in [0.15, 0.2) is 90.6 Å². The fourth-order valence-corrected chi connectivity index (χ4v) is 5.72. The van der Waals surface area contributed by atoms with Crippen molar-refractivity contribution >= 4 is 17.4 Å². The average molecular weight is 390 g/mol. The van der Waals surface area contributed by atoms with Crippen molar-refractivity contribution in [1.29, 1.82) is 0 Å². The maximum absolute atomic E-state index is 6.15. The second-order valence-electron chi connectivity index (χ2n) is 7.30. The summed E-state index contributed by atoms with van der Waals surface area (Å²) in [6.45, 7) is 6.31. The first-order valence-electron chi connectivity index (χ1n) is 9.47. The van der Waals surface area contributed by atoms with Crippen LogP contribution < -0.4 is 15.0 Å². The van der Waals surface area contributed by atoms with E-state index in [1.807, 2.05) is 30.0 Å². The lowest BCUT2D eigenvalue weighted by molar-refractivity contribution is 0.237. The Morgan fingerprint density at radius 1 is 1.11 bits per heavy atom. The van der Waals surface area contributed by atoms with Gasteiger partial charge in [0.1, 0.15) is 11.5 Å². The van der Waals surface area contributed by atoms with E-state index < -0.39 is 0 Å². The molecule has 28 heavy (non-hydrogen) atoms. The van der Waals surface area contributed by atoms with Crippen LogP contribution in [0.25, 0.3) is 0 Å². The number of nitrogens with one attached hydrogen (secondary N) is 1. The number of hydrogen-bond donors (Lipinski definition) is 1. The zero-order valence-corrected chi connectivity index (χ0v) is 16.8. The van der Waals surface area contributed by atoms with Gasteiger partial charge in [0.2, 0.25) is 0 Å². The Kier molecular flexibility index (Phi) is 4.13. The smallest absolute Gasteiger partial charge is 0.199 e. The normalized spacial score (nSPS) is 27.2. The molecule has 1 saturated heterocycles. The standard InChI is InChI=1S/C23H23N3OS/c1-15-13-16(2)26-21(14-20-25(3)18-11-7-8-12-19(18)27-20)28-22(23(26)24-15)17-9-5-4-6-10-17/h4-14,21-24H,1H2,2-3H3. The van der Waals surface area contributed by atoms with Crippen molar-refractivity contribution in [2.75, 3.05) is 11.9 Å². The minimum absolute atomic E-state index is 0.166. The molecule has 3 aliphatic heterocycles. The Bertz CT molecular complexity index is 984. The predicted molar refractivity (Wildman–Crippen MR) is 116 cm³/mol. The van der Waals surface area contributed by atoms with Gasteiger partial charge in [-0.25, -0.2) is 0 Å². The van der Waals surface area contributed by atoms with Crippen molar-refractivity contribution < 1.29 is 4.74 Å². The van der Waals surface area contributed by atoms with Gasteiger partial charge in [0.05, 0.1) is 10.9 Å². The number of benzene rings is 2. The third kappa shape index (κ3) is 2.78. The highest BCUT2D eigenvalue weighted by atomic mass is 32.2. The lowest BCUT2D eigenvalue weighted by atomic mass is 10.1. The van der Waals surface area contributed by atoms with Crippen molar-refractivity contribution in [3.63, 3.8) is 0 Å². The summed E-state index contributed by atoms with van der Waals surface area (Å²) < 4.78 is 6.15. The molecule has 1 N–H and O–H groups in total. The van der Waals surface area contributed by atoms with Gasteiger partial charge in [-0.3, -0.25) is 0 Å². The molecule has 3 heterocycles. The van der Waals surface area contributed by atoms with Crippen LogP contribution in [0, 0.1) is 0 Å². The zero-order valence-electron chi connectivity index (χ0n) is 16.0. The number of ether oxygens (including phenoxy) is 1. The highest BCUT2D eigenvalue weighted by molar-refractivity contribution is 8.00. The van der Waals surface area contributed by atoms with Crippen LogP contribution in [0.5, 0.6) is 5.75 Å². The highest BCUT2D eigenvalue weighted by Crippen LogP contribution is 2.49. The van der Waals surface area contributed by atoms with Gasteiger partial charge in [0.25, 0.3) is 0 Å². The number of thioether (sulfide) groups is 1. The number of anilines is 1. The highest BCUT2D eigenvalue weighted by Gasteiger charge is 2.44. The molecule has 0 bridgehead atoms. The van der Waals surface area contributed by atoms with Crippen molar-refractivity contribution in [3.8, 4) is 5.75 Å². The van der Waals surface area contributed by atoms with Crippen molar-refractivity contribution in [2.45, 2.75) is 23.7 Å². The van der Waals surface area contributed by atoms with Gasteiger partial charge in [-0.15, -0.1) is 11.8 Å². The lowest BCUT2D eigenvalue weighted by Crippen LogP contribution is -2.47. The fourth-order valence-electron chi connectivity index (χ4n) is 4.13. The second kappa shape index (κ2) is 6.67. The van der Waals surface area contributed by atoms with E-state index in [9.17, 15) is 0 Å². The van der Waals surface area contributed by atoms with E-state index in [1.54, 1.807) is 0 Å². The number of nitrogens with zero attached hydrogens (tertiary/aromatic N) is 2. The number of allylic oxidation sites excluding steroid dienone is 2. The van der Waals surface area contributed by atoms with E-state index in [0.29, 0.717) is 5.25 Å². The molecular formula is C23H23N3OS. The van der Waals surface area contributed by atoms with Crippen LogP contribution in [0.2, 0.25) is 0 Å². The molecule has 5 rings (SSSR count). The summed E-state index contributed by atoms with van der Waals surface area (Å²) in [7, 11) is 2.06. The molecule has 0 aromatic heterocycles. The van der Waals surface area contributed by atoms with Crippen LogP contribution in [0.1, 0.15) is 17.7 Å². The molecule has 0 amide bonds. The van der Waals surface area contributed by atoms with Crippen LogP contribution >= 0.6 is 11.8 Å². The molecule has 0 saturated carbocycles. The Labute approximate surface area is 170 Å². The SMILES string of the molecule is C=C1C=C(C)N2C(C=C3Oc4ccccc4N3C)SC(c3ccccc3)C2N1. The first-order valence-corrected chi connectivity index (χ1v) is 10.4. The Hall–Kier alpha value is -2.79. The number of para-hydroxylation sites is 2. The third-order valence-electron chi connectivity index (χ3n) is 5.46.